The van der Waals surface area contributed by atoms with Crippen molar-refractivity contribution in [3.05, 3.63) is 59.6 Å². The molecule has 1 aromatic carbocycles. The first kappa shape index (κ1) is 14.1. The topological polar surface area (TPSA) is 48.4 Å². The Kier molecular flexibility index (Phi) is 4.05. The molecule has 1 aromatic heterocycles. The molecule has 2 heterocycles. The summed E-state index contributed by atoms with van der Waals surface area (Å²) in [5, 5.41) is 0. The molecular weight excluding hydrogens is 278 g/mol. The zero-order valence-electron chi connectivity index (χ0n) is 10.7. The number of Topliss-reactive ketones (excluding diaryl/α,β-unsaturated/α-hetero) is 1. The van der Waals surface area contributed by atoms with Crippen LogP contribution in [0.25, 0.3) is 6.08 Å². The third-order valence-electron chi connectivity index (χ3n) is 2.88. The lowest BCUT2D eigenvalue weighted by atomic mass is 10.1. The Balaban J connectivity index is 0.00000147. The maximum atomic E-state index is 12.2. The van der Waals surface area contributed by atoms with E-state index in [1.807, 2.05) is 12.1 Å². The number of ether oxygens (including phenoxy) is 2. The van der Waals surface area contributed by atoms with Gasteiger partial charge in [0, 0.05) is 18.5 Å². The molecule has 1 aliphatic rings. The largest absolute Gasteiger partial charge is 0.497 e. The van der Waals surface area contributed by atoms with Gasteiger partial charge in [-0.15, -0.1) is 12.4 Å². The van der Waals surface area contributed by atoms with Crippen LogP contribution in [0, 0.1) is 0 Å². The van der Waals surface area contributed by atoms with Gasteiger partial charge in [0.2, 0.25) is 5.78 Å². The molecule has 3 rings (SSSR count). The van der Waals surface area contributed by atoms with Crippen LogP contribution in [-0.2, 0) is 0 Å². The van der Waals surface area contributed by atoms with Gasteiger partial charge in [-0.1, -0.05) is 0 Å². The molecule has 0 fully saturated rings. The van der Waals surface area contributed by atoms with Gasteiger partial charge in [-0.2, -0.15) is 0 Å². The van der Waals surface area contributed by atoms with Crippen molar-refractivity contribution >= 4 is 24.3 Å². The van der Waals surface area contributed by atoms with Crippen molar-refractivity contribution in [3.8, 4) is 11.5 Å². The second-order valence-corrected chi connectivity index (χ2v) is 4.08. The fourth-order valence-corrected chi connectivity index (χ4v) is 1.91. The SMILES string of the molecule is COc1ccc2c(c1)O/C(=C\c1ccncc1)C2=O.Cl. The van der Waals surface area contributed by atoms with E-state index in [2.05, 4.69) is 4.98 Å². The zero-order chi connectivity index (χ0) is 13.2. The highest BCUT2D eigenvalue weighted by Crippen LogP contribution is 2.34. The summed E-state index contributed by atoms with van der Waals surface area (Å²) in [5.41, 5.74) is 1.43. The molecule has 2 aromatic rings. The number of carbonyl (C=O) groups excluding carboxylic acids is 1. The lowest BCUT2D eigenvalue weighted by Crippen LogP contribution is -1.97. The monoisotopic (exact) mass is 289 g/mol. The molecule has 0 N–H and O–H groups in total. The summed E-state index contributed by atoms with van der Waals surface area (Å²) in [6.45, 7) is 0. The summed E-state index contributed by atoms with van der Waals surface area (Å²) in [6.07, 6.45) is 5.04. The molecule has 4 nitrogen and oxygen atoms in total. The molecule has 20 heavy (non-hydrogen) atoms. The average Bonchev–Trinajstić information content (AvgIpc) is 2.76. The zero-order valence-corrected chi connectivity index (χ0v) is 11.5. The molecule has 0 unspecified atom stereocenters. The number of allylic oxidation sites excluding steroid dienone is 1. The predicted octanol–water partition coefficient (Wildman–Crippen LogP) is 3.13. The quantitative estimate of drug-likeness (QED) is 0.797. The predicted molar refractivity (Wildman–Crippen MR) is 77.4 cm³/mol. The number of methoxy groups -OCH3 is 1. The van der Waals surface area contributed by atoms with Crippen molar-refractivity contribution in [1.29, 1.82) is 0 Å². The minimum Gasteiger partial charge on any atom is -0.497 e. The number of hydrogen-bond donors (Lipinski definition) is 0. The van der Waals surface area contributed by atoms with E-state index < -0.39 is 0 Å². The highest BCUT2D eigenvalue weighted by molar-refractivity contribution is 6.14. The minimum atomic E-state index is -0.116. The normalized spacial score (nSPS) is 14.4. The fourth-order valence-electron chi connectivity index (χ4n) is 1.91. The van der Waals surface area contributed by atoms with Crippen LogP contribution in [0.3, 0.4) is 0 Å². The van der Waals surface area contributed by atoms with Gasteiger partial charge in [0.05, 0.1) is 12.7 Å². The molecule has 5 heteroatoms. The Morgan fingerprint density at radius 1 is 1.20 bits per heavy atom. The lowest BCUT2D eigenvalue weighted by molar-refractivity contribution is 0.101. The minimum absolute atomic E-state index is 0. The number of pyridine rings is 1. The standard InChI is InChI=1S/C15H11NO3.ClH/c1-18-11-2-3-12-13(9-11)19-14(15(12)17)8-10-4-6-16-7-5-10;/h2-9H,1H3;1H/b14-8-;. The van der Waals surface area contributed by atoms with Crippen LogP contribution in [0.15, 0.2) is 48.5 Å². The van der Waals surface area contributed by atoms with Gasteiger partial charge in [-0.25, -0.2) is 0 Å². The molecule has 0 amide bonds. The third-order valence-corrected chi connectivity index (χ3v) is 2.88. The highest BCUT2D eigenvalue weighted by atomic mass is 35.5. The van der Waals surface area contributed by atoms with Crippen LogP contribution in [0.4, 0.5) is 0 Å². The Bertz CT molecular complexity index is 668. The fraction of sp³-hybridized carbons (Fsp3) is 0.0667. The van der Waals surface area contributed by atoms with Gasteiger partial charge in [0.1, 0.15) is 11.5 Å². The van der Waals surface area contributed by atoms with Crippen molar-refractivity contribution in [3.63, 3.8) is 0 Å². The van der Waals surface area contributed by atoms with E-state index in [1.165, 1.54) is 0 Å². The van der Waals surface area contributed by atoms with Gasteiger partial charge in [-0.3, -0.25) is 9.78 Å². The Hall–Kier alpha value is -2.33. The molecule has 0 saturated heterocycles. The van der Waals surface area contributed by atoms with Crippen LogP contribution in [0.5, 0.6) is 11.5 Å². The smallest absolute Gasteiger partial charge is 0.231 e. The number of halogens is 1. The van der Waals surface area contributed by atoms with Gasteiger partial charge in [-0.05, 0) is 35.9 Å². The first-order chi connectivity index (χ1) is 9.28. The average molecular weight is 290 g/mol. The summed E-state index contributed by atoms with van der Waals surface area (Å²) < 4.78 is 10.7. The Morgan fingerprint density at radius 3 is 2.65 bits per heavy atom. The van der Waals surface area contributed by atoms with E-state index in [0.717, 1.165) is 5.56 Å². The molecule has 0 spiro atoms. The number of nitrogens with zero attached hydrogens (tertiary/aromatic N) is 1. The summed E-state index contributed by atoms with van der Waals surface area (Å²) >= 11 is 0. The van der Waals surface area contributed by atoms with E-state index in [1.54, 1.807) is 43.8 Å². The van der Waals surface area contributed by atoms with Crippen molar-refractivity contribution in [2.75, 3.05) is 7.11 Å². The van der Waals surface area contributed by atoms with E-state index in [9.17, 15) is 4.79 Å². The first-order valence-corrected chi connectivity index (χ1v) is 5.80. The molecule has 0 bridgehead atoms. The summed E-state index contributed by atoms with van der Waals surface area (Å²) in [7, 11) is 1.58. The molecule has 0 atom stereocenters. The summed E-state index contributed by atoms with van der Waals surface area (Å²) in [4.78, 5) is 16.1. The van der Waals surface area contributed by atoms with Crippen molar-refractivity contribution in [2.24, 2.45) is 0 Å². The van der Waals surface area contributed by atoms with Crippen LogP contribution in [0.2, 0.25) is 0 Å². The van der Waals surface area contributed by atoms with E-state index in [-0.39, 0.29) is 18.2 Å². The van der Waals surface area contributed by atoms with E-state index >= 15 is 0 Å². The van der Waals surface area contributed by atoms with E-state index in [4.69, 9.17) is 9.47 Å². The number of carbonyl (C=O) groups is 1. The van der Waals surface area contributed by atoms with Gasteiger partial charge in [0.15, 0.2) is 5.76 Å². The third kappa shape index (κ3) is 2.51. The van der Waals surface area contributed by atoms with Crippen LogP contribution in [-0.4, -0.2) is 17.9 Å². The number of hydrogen-bond acceptors (Lipinski definition) is 4. The molecule has 0 aliphatic carbocycles. The maximum Gasteiger partial charge on any atom is 0.231 e. The number of benzene rings is 1. The van der Waals surface area contributed by atoms with Gasteiger partial charge >= 0.3 is 0 Å². The van der Waals surface area contributed by atoms with Crippen LogP contribution >= 0.6 is 12.4 Å². The first-order valence-electron chi connectivity index (χ1n) is 5.80. The van der Waals surface area contributed by atoms with Gasteiger partial charge < -0.3 is 9.47 Å². The van der Waals surface area contributed by atoms with Crippen molar-refractivity contribution in [2.45, 2.75) is 0 Å². The van der Waals surface area contributed by atoms with E-state index in [0.29, 0.717) is 22.8 Å². The summed E-state index contributed by atoms with van der Waals surface area (Å²) in [6, 6.07) is 8.79. The van der Waals surface area contributed by atoms with Crippen molar-refractivity contribution < 1.29 is 14.3 Å². The molecule has 0 radical (unpaired) electrons. The number of aromatic nitrogens is 1. The number of fused-ring (bicyclic) bond motifs is 1. The maximum absolute atomic E-state index is 12.2. The molecule has 102 valence electrons. The second kappa shape index (κ2) is 5.75. The summed E-state index contributed by atoms with van der Waals surface area (Å²) in [5.74, 6) is 1.39. The Morgan fingerprint density at radius 2 is 1.95 bits per heavy atom. The molecule has 1 aliphatic heterocycles. The number of rotatable bonds is 2. The Labute approximate surface area is 122 Å². The van der Waals surface area contributed by atoms with Crippen molar-refractivity contribution in [1.82, 2.24) is 4.98 Å². The van der Waals surface area contributed by atoms with Crippen LogP contribution < -0.4 is 9.47 Å². The highest BCUT2D eigenvalue weighted by Gasteiger charge is 2.27. The molecular formula is C15H12ClNO3. The van der Waals surface area contributed by atoms with Gasteiger partial charge in [0.25, 0.3) is 0 Å². The van der Waals surface area contributed by atoms with Crippen LogP contribution in [0.1, 0.15) is 15.9 Å². The number of ketones is 1. The second-order valence-electron chi connectivity index (χ2n) is 4.08. The lowest BCUT2D eigenvalue weighted by Gasteiger charge is -2.01. The molecule has 0 saturated carbocycles.